The van der Waals surface area contributed by atoms with E-state index >= 15 is 0 Å². The third-order valence-electron chi connectivity index (χ3n) is 2.92. The van der Waals surface area contributed by atoms with Gasteiger partial charge in [0.2, 0.25) is 5.91 Å². The molecule has 100 valence electrons. The van der Waals surface area contributed by atoms with E-state index in [9.17, 15) is 4.79 Å². The number of carbonyl (C=O) groups is 1. The summed E-state index contributed by atoms with van der Waals surface area (Å²) in [6.07, 6.45) is 3.72. The fourth-order valence-corrected chi connectivity index (χ4v) is 2.25. The maximum atomic E-state index is 11.8. The van der Waals surface area contributed by atoms with Crippen molar-refractivity contribution in [1.82, 2.24) is 5.32 Å². The van der Waals surface area contributed by atoms with Gasteiger partial charge in [-0.1, -0.05) is 31.2 Å². The molecule has 1 aromatic rings. The highest BCUT2D eigenvalue weighted by Crippen LogP contribution is 2.09. The van der Waals surface area contributed by atoms with Crippen LogP contribution in [-0.4, -0.2) is 24.0 Å². The lowest BCUT2D eigenvalue weighted by Crippen LogP contribution is -2.40. The molecule has 1 atom stereocenters. The van der Waals surface area contributed by atoms with E-state index in [1.54, 1.807) is 11.8 Å². The van der Waals surface area contributed by atoms with Gasteiger partial charge in [-0.15, -0.1) is 0 Å². The first-order chi connectivity index (χ1) is 8.69. The fraction of sp³-hybridized carbons (Fsp3) is 0.500. The average Bonchev–Trinajstić information content (AvgIpc) is 2.42. The van der Waals surface area contributed by atoms with Gasteiger partial charge in [-0.25, -0.2) is 0 Å². The predicted octanol–water partition coefficient (Wildman–Crippen LogP) is 1.95. The molecule has 0 saturated heterocycles. The van der Waals surface area contributed by atoms with Gasteiger partial charge in [-0.3, -0.25) is 4.79 Å². The molecule has 0 unspecified atom stereocenters. The third kappa shape index (κ3) is 4.70. The van der Waals surface area contributed by atoms with Crippen LogP contribution in [0.1, 0.15) is 24.5 Å². The largest absolute Gasteiger partial charge is 0.351 e. The van der Waals surface area contributed by atoms with Crippen LogP contribution in [0.5, 0.6) is 0 Å². The lowest BCUT2D eigenvalue weighted by Gasteiger charge is -2.13. The number of benzene rings is 1. The molecule has 0 bridgehead atoms. The lowest BCUT2D eigenvalue weighted by molar-refractivity contribution is -0.122. The quantitative estimate of drug-likeness (QED) is 0.793. The van der Waals surface area contributed by atoms with E-state index in [1.807, 2.05) is 24.5 Å². The summed E-state index contributed by atoms with van der Waals surface area (Å²) in [6.45, 7) is 2.68. The summed E-state index contributed by atoms with van der Waals surface area (Å²) in [7, 11) is 0. The van der Waals surface area contributed by atoms with Crippen molar-refractivity contribution < 1.29 is 4.79 Å². The topological polar surface area (TPSA) is 55.1 Å². The van der Waals surface area contributed by atoms with E-state index < -0.39 is 6.04 Å². The van der Waals surface area contributed by atoms with E-state index in [4.69, 9.17) is 5.73 Å². The Morgan fingerprint density at radius 1 is 1.39 bits per heavy atom. The van der Waals surface area contributed by atoms with Gasteiger partial charge in [0.25, 0.3) is 0 Å². The van der Waals surface area contributed by atoms with Gasteiger partial charge in [0.05, 0.1) is 6.04 Å². The van der Waals surface area contributed by atoms with Gasteiger partial charge < -0.3 is 11.1 Å². The smallest absolute Gasteiger partial charge is 0.237 e. The minimum absolute atomic E-state index is 0.0602. The second-order valence-corrected chi connectivity index (χ2v) is 5.21. The summed E-state index contributed by atoms with van der Waals surface area (Å²) in [5.41, 5.74) is 8.26. The Morgan fingerprint density at radius 2 is 2.06 bits per heavy atom. The van der Waals surface area contributed by atoms with Crippen molar-refractivity contribution in [3.63, 3.8) is 0 Å². The second-order valence-electron chi connectivity index (χ2n) is 4.23. The molecular formula is C14H22N2OS. The molecule has 1 amide bonds. The molecule has 0 aliphatic rings. The van der Waals surface area contributed by atoms with Crippen molar-refractivity contribution in [2.45, 2.75) is 32.4 Å². The minimum atomic E-state index is -0.397. The summed E-state index contributed by atoms with van der Waals surface area (Å²) in [5.74, 6) is 0.857. The van der Waals surface area contributed by atoms with Crippen molar-refractivity contribution in [3.8, 4) is 0 Å². The van der Waals surface area contributed by atoms with Crippen molar-refractivity contribution >= 4 is 17.7 Å². The molecule has 18 heavy (non-hydrogen) atoms. The zero-order valence-corrected chi connectivity index (χ0v) is 11.9. The third-order valence-corrected chi connectivity index (χ3v) is 3.57. The number of carbonyl (C=O) groups excluding carboxylic acids is 1. The number of nitrogens with one attached hydrogen (secondary N) is 1. The van der Waals surface area contributed by atoms with Gasteiger partial charge in [0, 0.05) is 6.54 Å². The number of amides is 1. The zero-order chi connectivity index (χ0) is 13.4. The fourth-order valence-electron chi connectivity index (χ4n) is 1.76. The van der Waals surface area contributed by atoms with E-state index in [-0.39, 0.29) is 5.91 Å². The summed E-state index contributed by atoms with van der Waals surface area (Å²) >= 11 is 1.71. The number of aryl methyl sites for hydroxylation is 1. The first kappa shape index (κ1) is 15.1. The van der Waals surface area contributed by atoms with Crippen molar-refractivity contribution in [2.75, 3.05) is 12.0 Å². The highest BCUT2D eigenvalue weighted by molar-refractivity contribution is 7.98. The zero-order valence-electron chi connectivity index (χ0n) is 11.1. The molecule has 1 aromatic carbocycles. The van der Waals surface area contributed by atoms with Crippen LogP contribution in [0, 0.1) is 0 Å². The molecule has 0 aliphatic carbocycles. The molecule has 0 heterocycles. The number of rotatable bonds is 7. The Bertz CT molecular complexity index is 382. The second kappa shape index (κ2) is 8.16. The first-order valence-corrected chi connectivity index (χ1v) is 7.67. The molecule has 0 saturated carbocycles. The highest BCUT2D eigenvalue weighted by atomic mass is 32.2. The molecule has 0 fully saturated rings. The lowest BCUT2D eigenvalue weighted by atomic mass is 10.1. The van der Waals surface area contributed by atoms with Crippen LogP contribution in [0.3, 0.4) is 0 Å². The van der Waals surface area contributed by atoms with E-state index in [0.717, 1.165) is 18.6 Å². The Morgan fingerprint density at radius 3 is 2.67 bits per heavy atom. The number of hydrogen-bond acceptors (Lipinski definition) is 3. The normalized spacial score (nSPS) is 12.2. The summed E-state index contributed by atoms with van der Waals surface area (Å²) in [6, 6.07) is 7.76. The molecule has 1 rings (SSSR count). The SMILES string of the molecule is CCc1ccccc1CNC(=O)[C@@H](N)CCSC. The molecule has 0 aromatic heterocycles. The van der Waals surface area contributed by atoms with Gasteiger partial charge >= 0.3 is 0 Å². The molecule has 3 nitrogen and oxygen atoms in total. The summed E-state index contributed by atoms with van der Waals surface area (Å²) in [5, 5.41) is 2.91. The van der Waals surface area contributed by atoms with Crippen LogP contribution in [0.4, 0.5) is 0 Å². The number of hydrogen-bond donors (Lipinski definition) is 2. The molecule has 4 heteroatoms. The number of nitrogens with two attached hydrogens (primary N) is 1. The van der Waals surface area contributed by atoms with E-state index in [0.29, 0.717) is 6.54 Å². The summed E-state index contributed by atoms with van der Waals surface area (Å²) < 4.78 is 0. The van der Waals surface area contributed by atoms with Gasteiger partial charge in [0.15, 0.2) is 0 Å². The van der Waals surface area contributed by atoms with E-state index in [1.165, 1.54) is 11.1 Å². The van der Waals surface area contributed by atoms with Crippen LogP contribution in [-0.2, 0) is 17.8 Å². The predicted molar refractivity (Wildman–Crippen MR) is 78.6 cm³/mol. The van der Waals surface area contributed by atoms with E-state index in [2.05, 4.69) is 18.3 Å². The van der Waals surface area contributed by atoms with Crippen LogP contribution in [0.2, 0.25) is 0 Å². The molecule has 0 spiro atoms. The monoisotopic (exact) mass is 266 g/mol. The van der Waals surface area contributed by atoms with Crippen LogP contribution in [0.25, 0.3) is 0 Å². The molecule has 0 radical (unpaired) electrons. The van der Waals surface area contributed by atoms with Crippen LogP contribution in [0.15, 0.2) is 24.3 Å². The molecule has 0 aliphatic heterocycles. The van der Waals surface area contributed by atoms with Gasteiger partial charge in [-0.05, 0) is 36.0 Å². The first-order valence-electron chi connectivity index (χ1n) is 6.28. The molecular weight excluding hydrogens is 244 g/mol. The Kier molecular flexibility index (Phi) is 6.83. The standard InChI is InChI=1S/C14H22N2OS/c1-3-11-6-4-5-7-12(11)10-16-14(17)13(15)8-9-18-2/h4-7,13H,3,8-10,15H2,1-2H3,(H,16,17)/t13-/m0/s1. The Labute approximate surface area is 114 Å². The highest BCUT2D eigenvalue weighted by Gasteiger charge is 2.12. The van der Waals surface area contributed by atoms with Crippen molar-refractivity contribution in [1.29, 1.82) is 0 Å². The molecule has 3 N–H and O–H groups in total. The maximum absolute atomic E-state index is 11.8. The average molecular weight is 266 g/mol. The Hall–Kier alpha value is -1.000. The van der Waals surface area contributed by atoms with Crippen molar-refractivity contribution in [3.05, 3.63) is 35.4 Å². The maximum Gasteiger partial charge on any atom is 0.237 e. The van der Waals surface area contributed by atoms with Crippen molar-refractivity contribution in [2.24, 2.45) is 5.73 Å². The van der Waals surface area contributed by atoms with Gasteiger partial charge in [-0.2, -0.15) is 11.8 Å². The minimum Gasteiger partial charge on any atom is -0.351 e. The summed E-state index contributed by atoms with van der Waals surface area (Å²) in [4.78, 5) is 11.8. The number of thioether (sulfide) groups is 1. The van der Waals surface area contributed by atoms with Crippen LogP contribution < -0.4 is 11.1 Å². The van der Waals surface area contributed by atoms with Gasteiger partial charge in [0.1, 0.15) is 0 Å². The van der Waals surface area contributed by atoms with Crippen LogP contribution >= 0.6 is 11.8 Å². The Balaban J connectivity index is 2.46.